The summed E-state index contributed by atoms with van der Waals surface area (Å²) in [5.41, 5.74) is 6.62. The highest BCUT2D eigenvalue weighted by molar-refractivity contribution is 6.07. The molecular formula is C29H31FN6O2. The van der Waals surface area contributed by atoms with E-state index in [1.54, 1.807) is 12.4 Å². The van der Waals surface area contributed by atoms with Crippen molar-refractivity contribution in [3.63, 3.8) is 0 Å². The molecular weight excluding hydrogens is 483 g/mol. The van der Waals surface area contributed by atoms with Gasteiger partial charge in [-0.05, 0) is 63.2 Å². The maximum atomic E-state index is 13.7. The van der Waals surface area contributed by atoms with Crippen molar-refractivity contribution in [2.75, 3.05) is 37.4 Å². The van der Waals surface area contributed by atoms with E-state index in [1.165, 1.54) is 12.1 Å². The third-order valence-corrected chi connectivity index (χ3v) is 7.36. The van der Waals surface area contributed by atoms with Crippen LogP contribution in [0.4, 0.5) is 21.6 Å². The highest BCUT2D eigenvalue weighted by Gasteiger charge is 2.28. The summed E-state index contributed by atoms with van der Waals surface area (Å²) in [5.74, 6) is 0.429. The molecule has 1 fully saturated rings. The summed E-state index contributed by atoms with van der Waals surface area (Å²) in [5, 5.41) is 13.6. The number of hydrogen-bond donors (Lipinski definition) is 2. The smallest absolute Gasteiger partial charge is 0.165 e. The largest absolute Gasteiger partial charge is 0.391 e. The third kappa shape index (κ3) is 4.52. The molecule has 2 N–H and O–H groups in total. The normalized spacial score (nSPS) is 17.4. The number of pyridine rings is 2. The minimum atomic E-state index is -0.335. The lowest BCUT2D eigenvalue weighted by molar-refractivity contribution is 0.0995. The summed E-state index contributed by atoms with van der Waals surface area (Å²) in [7, 11) is 4.02. The fourth-order valence-electron chi connectivity index (χ4n) is 5.67. The Labute approximate surface area is 220 Å². The van der Waals surface area contributed by atoms with E-state index in [0.717, 1.165) is 53.3 Å². The molecule has 1 aliphatic heterocycles. The molecule has 3 aromatic heterocycles. The topological polar surface area (TPSA) is 86.0 Å². The van der Waals surface area contributed by atoms with Crippen molar-refractivity contribution < 1.29 is 14.3 Å². The number of piperidine rings is 1. The Hall–Kier alpha value is -3.82. The van der Waals surface area contributed by atoms with Crippen molar-refractivity contribution in [1.82, 2.24) is 19.3 Å². The second-order valence-electron chi connectivity index (χ2n) is 10.4. The second-order valence-corrected chi connectivity index (χ2v) is 10.4. The maximum Gasteiger partial charge on any atom is 0.165 e. The minimum Gasteiger partial charge on any atom is -0.391 e. The zero-order valence-corrected chi connectivity index (χ0v) is 21.6. The number of β-amino-alcohol motifs (C(OH)–C–C–N with tert-alkyl or cyclic N) is 1. The van der Waals surface area contributed by atoms with Gasteiger partial charge < -0.3 is 20.2 Å². The van der Waals surface area contributed by atoms with Gasteiger partial charge in [0.15, 0.2) is 5.78 Å². The van der Waals surface area contributed by atoms with Crippen LogP contribution >= 0.6 is 0 Å². The Morgan fingerprint density at radius 2 is 2.05 bits per heavy atom. The van der Waals surface area contributed by atoms with E-state index in [2.05, 4.69) is 26.2 Å². The van der Waals surface area contributed by atoms with Gasteiger partial charge in [-0.25, -0.2) is 14.4 Å². The standard InChI is InChI=1S/C29H31FN6O2/c1-34(2)17-23-24(35-12-3-4-19(37)16-35)8-10-27(33-23)32-22-7-5-20(21-6-9-26(38)29(21)22)25-15-31-28-14-18(30)11-13-36(25)28/h5,7-8,10-11,13-15,19,37H,3-4,6,9,12,16-17H2,1-2H3,(H,32,33)/t19-/m1/s1. The van der Waals surface area contributed by atoms with E-state index in [1.807, 2.05) is 36.7 Å². The summed E-state index contributed by atoms with van der Waals surface area (Å²) >= 11 is 0. The van der Waals surface area contributed by atoms with E-state index in [4.69, 9.17) is 4.98 Å². The molecule has 196 valence electrons. The molecule has 4 aromatic rings. The summed E-state index contributed by atoms with van der Waals surface area (Å²) in [6, 6.07) is 10.7. The molecule has 8 nitrogen and oxygen atoms in total. The van der Waals surface area contributed by atoms with Gasteiger partial charge in [-0.2, -0.15) is 0 Å². The number of nitrogens with one attached hydrogen (secondary N) is 1. The van der Waals surface area contributed by atoms with Gasteiger partial charge in [0, 0.05) is 49.4 Å². The number of nitrogens with zero attached hydrogens (tertiary/aromatic N) is 5. The van der Waals surface area contributed by atoms with Crippen LogP contribution in [0.1, 0.15) is 40.9 Å². The molecule has 0 radical (unpaired) electrons. The Bertz CT molecular complexity index is 1530. The van der Waals surface area contributed by atoms with Crippen molar-refractivity contribution in [2.45, 2.75) is 38.3 Å². The molecule has 0 saturated carbocycles. The molecule has 9 heteroatoms. The molecule has 1 aromatic carbocycles. The predicted octanol–water partition coefficient (Wildman–Crippen LogP) is 4.43. The van der Waals surface area contributed by atoms with Crippen LogP contribution in [-0.4, -0.2) is 63.4 Å². The van der Waals surface area contributed by atoms with Gasteiger partial charge >= 0.3 is 0 Å². The lowest BCUT2D eigenvalue weighted by atomic mass is 9.99. The number of fused-ring (bicyclic) bond motifs is 2. The van der Waals surface area contributed by atoms with E-state index in [0.29, 0.717) is 43.0 Å². The van der Waals surface area contributed by atoms with E-state index >= 15 is 0 Å². The highest BCUT2D eigenvalue weighted by Crippen LogP contribution is 2.38. The zero-order chi connectivity index (χ0) is 26.4. The predicted molar refractivity (Wildman–Crippen MR) is 146 cm³/mol. The molecule has 0 spiro atoms. The van der Waals surface area contributed by atoms with Crippen LogP contribution in [0.2, 0.25) is 0 Å². The van der Waals surface area contributed by atoms with E-state index < -0.39 is 0 Å². The Balaban J connectivity index is 1.36. The number of hydrogen-bond acceptors (Lipinski definition) is 7. The zero-order valence-electron chi connectivity index (χ0n) is 21.6. The molecule has 0 amide bonds. The molecule has 0 unspecified atom stereocenters. The van der Waals surface area contributed by atoms with Gasteiger partial charge in [0.2, 0.25) is 0 Å². The number of imidazole rings is 1. The van der Waals surface area contributed by atoms with E-state index in [9.17, 15) is 14.3 Å². The molecule has 1 saturated heterocycles. The molecule has 38 heavy (non-hydrogen) atoms. The number of aliphatic hydroxyl groups excluding tert-OH is 1. The molecule has 1 atom stereocenters. The summed E-state index contributed by atoms with van der Waals surface area (Å²) < 4.78 is 15.5. The first-order valence-corrected chi connectivity index (χ1v) is 13.0. The van der Waals surface area contributed by atoms with Crippen LogP contribution in [0.5, 0.6) is 0 Å². The van der Waals surface area contributed by atoms with Crippen LogP contribution in [0.15, 0.2) is 48.8 Å². The first kappa shape index (κ1) is 24.5. The average molecular weight is 515 g/mol. The number of aliphatic hydroxyl groups is 1. The lowest BCUT2D eigenvalue weighted by Gasteiger charge is -2.33. The average Bonchev–Trinajstić information content (AvgIpc) is 3.48. The Kier molecular flexibility index (Phi) is 6.33. The van der Waals surface area contributed by atoms with Crippen molar-refractivity contribution in [2.24, 2.45) is 0 Å². The number of ketones is 1. The number of carbonyl (C=O) groups excluding carboxylic acids is 1. The van der Waals surface area contributed by atoms with Crippen molar-refractivity contribution >= 4 is 28.6 Å². The fourth-order valence-corrected chi connectivity index (χ4v) is 5.67. The lowest BCUT2D eigenvalue weighted by Crippen LogP contribution is -2.39. The monoisotopic (exact) mass is 514 g/mol. The number of anilines is 3. The van der Waals surface area contributed by atoms with Gasteiger partial charge in [-0.15, -0.1) is 0 Å². The van der Waals surface area contributed by atoms with Gasteiger partial charge in [-0.3, -0.25) is 9.20 Å². The molecule has 2 aliphatic rings. The highest BCUT2D eigenvalue weighted by atomic mass is 19.1. The van der Waals surface area contributed by atoms with Gasteiger partial charge in [0.25, 0.3) is 0 Å². The summed E-state index contributed by atoms with van der Waals surface area (Å²) in [6.07, 6.45) is 5.93. The van der Waals surface area contributed by atoms with Gasteiger partial charge in [-0.1, -0.05) is 6.07 Å². The van der Waals surface area contributed by atoms with Crippen LogP contribution in [0.25, 0.3) is 16.9 Å². The quantitative estimate of drug-likeness (QED) is 0.394. The van der Waals surface area contributed by atoms with Crippen LogP contribution in [0, 0.1) is 5.82 Å². The third-order valence-electron chi connectivity index (χ3n) is 7.36. The number of halogens is 1. The van der Waals surface area contributed by atoms with E-state index in [-0.39, 0.29) is 17.7 Å². The Morgan fingerprint density at radius 1 is 1.18 bits per heavy atom. The van der Waals surface area contributed by atoms with Crippen LogP contribution in [0.3, 0.4) is 0 Å². The van der Waals surface area contributed by atoms with Gasteiger partial charge in [0.05, 0.1) is 35.1 Å². The minimum absolute atomic E-state index is 0.0941. The Morgan fingerprint density at radius 3 is 2.87 bits per heavy atom. The maximum absolute atomic E-state index is 13.7. The number of Topliss-reactive ketones (excluding diaryl/α,β-unsaturated/α-hetero) is 1. The van der Waals surface area contributed by atoms with Crippen molar-refractivity contribution in [3.05, 3.63) is 71.4 Å². The number of benzene rings is 1. The first-order chi connectivity index (χ1) is 18.4. The second kappa shape index (κ2) is 9.81. The molecule has 1 aliphatic carbocycles. The molecule has 0 bridgehead atoms. The number of carbonyl (C=O) groups is 1. The van der Waals surface area contributed by atoms with Crippen molar-refractivity contribution in [1.29, 1.82) is 0 Å². The van der Waals surface area contributed by atoms with Crippen molar-refractivity contribution in [3.8, 4) is 11.3 Å². The summed E-state index contributed by atoms with van der Waals surface area (Å²) in [6.45, 7) is 2.15. The molecule has 4 heterocycles. The number of rotatable bonds is 6. The SMILES string of the molecule is CN(C)Cc1nc(Nc2ccc(-c3cnc4cc(F)ccn34)c3c2C(=O)CC3)ccc1N1CCC[C@@H](O)C1. The van der Waals surface area contributed by atoms with Gasteiger partial charge in [0.1, 0.15) is 17.3 Å². The van der Waals surface area contributed by atoms with Crippen LogP contribution < -0.4 is 10.2 Å². The summed E-state index contributed by atoms with van der Waals surface area (Å²) in [4.78, 5) is 26.6. The first-order valence-electron chi connectivity index (χ1n) is 13.0. The molecule has 6 rings (SSSR count). The number of aromatic nitrogens is 3. The fraction of sp³-hybridized carbons (Fsp3) is 0.345. The van der Waals surface area contributed by atoms with Crippen LogP contribution in [-0.2, 0) is 13.0 Å².